The number of aryl methyl sites for hydroxylation is 2. The fraction of sp³-hybridized carbons (Fsp3) is 0.444. The number of benzene rings is 1. The van der Waals surface area contributed by atoms with Gasteiger partial charge in [-0.1, -0.05) is 18.2 Å². The molecule has 2 amide bonds. The number of ether oxygens (including phenoxy) is 1. The van der Waals surface area contributed by atoms with Crippen molar-refractivity contribution in [2.24, 2.45) is 0 Å². The molecule has 1 N–H and O–H groups in total. The molecule has 6 heteroatoms. The highest BCUT2D eigenvalue weighted by Gasteiger charge is 2.17. The molecule has 0 saturated heterocycles. The zero-order valence-electron chi connectivity index (χ0n) is 14.0. The minimum atomic E-state index is -0.110. The van der Waals surface area contributed by atoms with Crippen molar-refractivity contribution >= 4 is 22.5 Å². The fourth-order valence-electron chi connectivity index (χ4n) is 2.70. The van der Waals surface area contributed by atoms with Gasteiger partial charge in [-0.25, -0.2) is 9.78 Å². The second kappa shape index (κ2) is 8.15. The maximum Gasteiger partial charge on any atom is 0.323 e. The molecule has 0 radical (unpaired) electrons. The number of aromatic nitrogens is 1. The van der Waals surface area contributed by atoms with E-state index in [1.165, 1.54) is 23.4 Å². The van der Waals surface area contributed by atoms with Crippen LogP contribution in [0.1, 0.15) is 29.8 Å². The van der Waals surface area contributed by atoms with Crippen LogP contribution in [0.5, 0.6) is 5.75 Å². The molecule has 0 bridgehead atoms. The Hall–Kier alpha value is -2.08. The molecule has 0 unspecified atom stereocenters. The van der Waals surface area contributed by atoms with Crippen molar-refractivity contribution in [3.05, 3.63) is 40.9 Å². The van der Waals surface area contributed by atoms with Crippen molar-refractivity contribution in [3.8, 4) is 5.75 Å². The van der Waals surface area contributed by atoms with Gasteiger partial charge >= 0.3 is 6.03 Å². The molecule has 0 atom stereocenters. The van der Waals surface area contributed by atoms with Gasteiger partial charge in [-0.3, -0.25) is 5.32 Å². The summed E-state index contributed by atoms with van der Waals surface area (Å²) < 4.78 is 5.64. The van der Waals surface area contributed by atoms with E-state index in [0.29, 0.717) is 13.2 Å². The number of amides is 2. The van der Waals surface area contributed by atoms with Crippen molar-refractivity contribution in [2.75, 3.05) is 25.5 Å². The first-order valence-corrected chi connectivity index (χ1v) is 9.22. The van der Waals surface area contributed by atoms with Crippen LogP contribution in [-0.4, -0.2) is 36.1 Å². The van der Waals surface area contributed by atoms with Crippen molar-refractivity contribution in [2.45, 2.75) is 32.1 Å². The summed E-state index contributed by atoms with van der Waals surface area (Å²) in [5, 5.41) is 3.63. The maximum atomic E-state index is 12.2. The average Bonchev–Trinajstić information content (AvgIpc) is 3.01. The van der Waals surface area contributed by atoms with Crippen molar-refractivity contribution in [1.82, 2.24) is 9.88 Å². The van der Waals surface area contributed by atoms with E-state index in [2.05, 4.69) is 10.3 Å². The summed E-state index contributed by atoms with van der Waals surface area (Å²) in [6.07, 6.45) is 5.34. The maximum absolute atomic E-state index is 12.2. The molecule has 0 spiro atoms. The zero-order chi connectivity index (χ0) is 16.8. The third kappa shape index (κ3) is 4.47. The standard InChI is InChI=1S/C18H23N3O2S/c1-21(12-7-13-23-14-8-3-2-4-9-14)18(22)20-17-19-15-10-5-6-11-16(15)24-17/h2-4,8-9H,5-7,10-13H2,1H3,(H,19,20,22). The lowest BCUT2D eigenvalue weighted by atomic mass is 10.0. The van der Waals surface area contributed by atoms with Crippen LogP contribution in [0, 0.1) is 0 Å². The number of fused-ring (bicyclic) bond motifs is 1. The van der Waals surface area contributed by atoms with Gasteiger partial charge in [-0.05, 0) is 44.2 Å². The fourth-order valence-corrected chi connectivity index (χ4v) is 3.74. The molecule has 0 saturated carbocycles. The first-order chi connectivity index (χ1) is 11.7. The van der Waals surface area contributed by atoms with Gasteiger partial charge in [0.1, 0.15) is 5.75 Å². The molecule has 128 valence electrons. The second-order valence-corrected chi connectivity index (χ2v) is 7.05. The van der Waals surface area contributed by atoms with Crippen LogP contribution < -0.4 is 10.1 Å². The Labute approximate surface area is 146 Å². The van der Waals surface area contributed by atoms with Gasteiger partial charge in [0.2, 0.25) is 0 Å². The predicted octanol–water partition coefficient (Wildman–Crippen LogP) is 3.95. The van der Waals surface area contributed by atoms with Gasteiger partial charge in [0.15, 0.2) is 5.13 Å². The molecular formula is C18H23N3O2S. The Morgan fingerprint density at radius 2 is 2.08 bits per heavy atom. The zero-order valence-corrected chi connectivity index (χ0v) is 14.8. The number of rotatable bonds is 6. The predicted molar refractivity (Wildman–Crippen MR) is 97.0 cm³/mol. The molecular weight excluding hydrogens is 322 g/mol. The molecule has 3 rings (SSSR count). The Bertz CT molecular complexity index is 649. The van der Waals surface area contributed by atoms with Crippen LogP contribution in [0.2, 0.25) is 0 Å². The normalized spacial score (nSPS) is 13.2. The second-order valence-electron chi connectivity index (χ2n) is 5.96. The monoisotopic (exact) mass is 345 g/mol. The molecule has 24 heavy (non-hydrogen) atoms. The number of anilines is 1. The van der Waals surface area contributed by atoms with Gasteiger partial charge in [0.05, 0.1) is 12.3 Å². The molecule has 1 heterocycles. The highest BCUT2D eigenvalue weighted by atomic mass is 32.1. The largest absolute Gasteiger partial charge is 0.494 e. The minimum Gasteiger partial charge on any atom is -0.494 e. The van der Waals surface area contributed by atoms with E-state index in [1.807, 2.05) is 30.3 Å². The lowest BCUT2D eigenvalue weighted by molar-refractivity contribution is 0.216. The summed E-state index contributed by atoms with van der Waals surface area (Å²) in [4.78, 5) is 19.8. The van der Waals surface area contributed by atoms with Crippen LogP contribution in [0.4, 0.5) is 9.93 Å². The van der Waals surface area contributed by atoms with Crippen LogP contribution in [0.25, 0.3) is 0 Å². The van der Waals surface area contributed by atoms with Crippen molar-refractivity contribution in [3.63, 3.8) is 0 Å². The molecule has 2 aromatic rings. The minimum absolute atomic E-state index is 0.110. The molecule has 1 aliphatic rings. The van der Waals surface area contributed by atoms with Gasteiger partial charge in [0, 0.05) is 18.5 Å². The summed E-state index contributed by atoms with van der Waals surface area (Å²) in [5.41, 5.74) is 1.17. The van der Waals surface area contributed by atoms with E-state index < -0.39 is 0 Å². The topological polar surface area (TPSA) is 54.5 Å². The molecule has 0 fully saturated rings. The number of carbonyl (C=O) groups is 1. The van der Waals surface area contributed by atoms with E-state index in [4.69, 9.17) is 4.74 Å². The third-order valence-electron chi connectivity index (χ3n) is 4.06. The summed E-state index contributed by atoms with van der Waals surface area (Å²) in [6, 6.07) is 9.61. The number of para-hydroxylation sites is 1. The van der Waals surface area contributed by atoms with Crippen LogP contribution in [-0.2, 0) is 12.8 Å². The number of thiazole rings is 1. The number of urea groups is 1. The van der Waals surface area contributed by atoms with E-state index >= 15 is 0 Å². The summed E-state index contributed by atoms with van der Waals surface area (Å²) >= 11 is 1.61. The van der Waals surface area contributed by atoms with E-state index in [0.717, 1.165) is 30.1 Å². The Balaban J connectivity index is 1.40. The summed E-state index contributed by atoms with van der Waals surface area (Å²) in [6.45, 7) is 1.23. The lowest BCUT2D eigenvalue weighted by Crippen LogP contribution is -2.32. The quantitative estimate of drug-likeness (QED) is 0.807. The first kappa shape index (κ1) is 16.8. The van der Waals surface area contributed by atoms with E-state index in [1.54, 1.807) is 23.3 Å². The molecule has 0 aliphatic heterocycles. The van der Waals surface area contributed by atoms with E-state index in [-0.39, 0.29) is 6.03 Å². The van der Waals surface area contributed by atoms with Crippen LogP contribution in [0.15, 0.2) is 30.3 Å². The van der Waals surface area contributed by atoms with E-state index in [9.17, 15) is 4.79 Å². The van der Waals surface area contributed by atoms with Crippen LogP contribution in [0.3, 0.4) is 0 Å². The molecule has 1 aromatic carbocycles. The molecule has 1 aromatic heterocycles. The first-order valence-electron chi connectivity index (χ1n) is 8.41. The smallest absolute Gasteiger partial charge is 0.323 e. The Morgan fingerprint density at radius 1 is 1.29 bits per heavy atom. The van der Waals surface area contributed by atoms with Gasteiger partial charge < -0.3 is 9.64 Å². The third-order valence-corrected chi connectivity index (χ3v) is 5.13. The Kier molecular flexibility index (Phi) is 5.69. The number of hydrogen-bond donors (Lipinski definition) is 1. The lowest BCUT2D eigenvalue weighted by Gasteiger charge is -2.17. The highest BCUT2D eigenvalue weighted by Crippen LogP contribution is 2.29. The summed E-state index contributed by atoms with van der Waals surface area (Å²) in [7, 11) is 1.80. The number of nitrogens with one attached hydrogen (secondary N) is 1. The Morgan fingerprint density at radius 3 is 2.88 bits per heavy atom. The van der Waals surface area contributed by atoms with Crippen molar-refractivity contribution < 1.29 is 9.53 Å². The SMILES string of the molecule is CN(CCCOc1ccccc1)C(=O)Nc1nc2c(s1)CCCC2. The molecule has 5 nitrogen and oxygen atoms in total. The molecule has 1 aliphatic carbocycles. The number of nitrogens with zero attached hydrogens (tertiary/aromatic N) is 2. The van der Waals surface area contributed by atoms with Gasteiger partial charge in [0.25, 0.3) is 0 Å². The average molecular weight is 345 g/mol. The van der Waals surface area contributed by atoms with Gasteiger partial charge in [-0.2, -0.15) is 0 Å². The number of hydrogen-bond acceptors (Lipinski definition) is 4. The van der Waals surface area contributed by atoms with Gasteiger partial charge in [-0.15, -0.1) is 11.3 Å². The summed E-state index contributed by atoms with van der Waals surface area (Å²) in [5.74, 6) is 0.859. The highest BCUT2D eigenvalue weighted by molar-refractivity contribution is 7.15. The number of carbonyl (C=O) groups excluding carboxylic acids is 1. The van der Waals surface area contributed by atoms with Crippen molar-refractivity contribution in [1.29, 1.82) is 0 Å². The van der Waals surface area contributed by atoms with Crippen LogP contribution >= 0.6 is 11.3 Å².